The lowest BCUT2D eigenvalue weighted by molar-refractivity contribution is 0.0420. The van der Waals surface area contributed by atoms with Crippen LogP contribution in [-0.4, -0.2) is 71.3 Å². The summed E-state index contributed by atoms with van der Waals surface area (Å²) in [6, 6.07) is 7.07. The Morgan fingerprint density at radius 3 is 2.66 bits per heavy atom. The molecule has 2 aliphatic heterocycles. The van der Waals surface area contributed by atoms with Crippen LogP contribution in [0, 0.1) is 0 Å². The monoisotopic (exact) mass is 424 g/mol. The van der Waals surface area contributed by atoms with E-state index in [1.165, 1.54) is 0 Å². The van der Waals surface area contributed by atoms with Gasteiger partial charge in [0.1, 0.15) is 0 Å². The second kappa shape index (κ2) is 10.9. The Morgan fingerprint density at radius 2 is 2.00 bits per heavy atom. The van der Waals surface area contributed by atoms with E-state index in [-0.39, 0.29) is 6.10 Å². The van der Waals surface area contributed by atoms with Gasteiger partial charge in [-0.2, -0.15) is 4.31 Å². The van der Waals surface area contributed by atoms with Crippen LogP contribution in [0.5, 0.6) is 0 Å². The lowest BCUT2D eigenvalue weighted by atomic mass is 10.2. The third kappa shape index (κ3) is 6.40. The Hall–Kier alpha value is -1.68. The summed E-state index contributed by atoms with van der Waals surface area (Å²) in [4.78, 5) is 4.58. The maximum atomic E-state index is 12.6. The molecular formula is C20H32N4O4S. The summed E-state index contributed by atoms with van der Waals surface area (Å²) in [6.07, 6.45) is 3.99. The summed E-state index contributed by atoms with van der Waals surface area (Å²) in [5.41, 5.74) is 0.998. The minimum atomic E-state index is -3.36. The molecule has 1 unspecified atom stereocenters. The molecule has 162 valence electrons. The SMILES string of the molecule is CN=C(NCCCOC1CCOC1)NCc1ccc(S(=O)(=O)N2CCCC2)cc1. The first-order valence-electron chi connectivity index (χ1n) is 10.3. The van der Waals surface area contributed by atoms with E-state index >= 15 is 0 Å². The van der Waals surface area contributed by atoms with Crippen molar-refractivity contribution in [1.29, 1.82) is 0 Å². The highest BCUT2D eigenvalue weighted by Gasteiger charge is 2.26. The van der Waals surface area contributed by atoms with Gasteiger partial charge >= 0.3 is 0 Å². The fourth-order valence-corrected chi connectivity index (χ4v) is 4.95. The molecule has 1 aromatic carbocycles. The molecule has 0 aromatic heterocycles. The Morgan fingerprint density at radius 1 is 1.24 bits per heavy atom. The van der Waals surface area contributed by atoms with Crippen molar-refractivity contribution >= 4 is 16.0 Å². The molecule has 2 aliphatic rings. The molecule has 2 saturated heterocycles. The number of aliphatic imine (C=N–C) groups is 1. The Kier molecular flexibility index (Phi) is 8.29. The van der Waals surface area contributed by atoms with Crippen molar-refractivity contribution in [1.82, 2.24) is 14.9 Å². The van der Waals surface area contributed by atoms with E-state index in [2.05, 4.69) is 15.6 Å². The van der Waals surface area contributed by atoms with Crippen LogP contribution in [0.25, 0.3) is 0 Å². The number of rotatable bonds is 9. The average molecular weight is 425 g/mol. The molecule has 0 radical (unpaired) electrons. The first-order chi connectivity index (χ1) is 14.1. The van der Waals surface area contributed by atoms with Gasteiger partial charge in [0.25, 0.3) is 0 Å². The van der Waals surface area contributed by atoms with Crippen molar-refractivity contribution in [3.05, 3.63) is 29.8 Å². The number of nitrogens with one attached hydrogen (secondary N) is 2. The summed E-state index contributed by atoms with van der Waals surface area (Å²) >= 11 is 0. The highest BCUT2D eigenvalue weighted by Crippen LogP contribution is 2.21. The number of guanidine groups is 1. The van der Waals surface area contributed by atoms with E-state index in [1.807, 2.05) is 12.1 Å². The highest BCUT2D eigenvalue weighted by atomic mass is 32.2. The Balaban J connectivity index is 1.38. The molecular weight excluding hydrogens is 392 g/mol. The van der Waals surface area contributed by atoms with Crippen LogP contribution in [0.2, 0.25) is 0 Å². The molecule has 29 heavy (non-hydrogen) atoms. The maximum Gasteiger partial charge on any atom is 0.243 e. The maximum absolute atomic E-state index is 12.6. The lowest BCUT2D eigenvalue weighted by Crippen LogP contribution is -2.37. The number of hydrogen-bond acceptors (Lipinski definition) is 5. The van der Waals surface area contributed by atoms with Crippen molar-refractivity contribution < 1.29 is 17.9 Å². The van der Waals surface area contributed by atoms with E-state index in [4.69, 9.17) is 9.47 Å². The topological polar surface area (TPSA) is 92.3 Å². The van der Waals surface area contributed by atoms with Crippen LogP contribution in [0.4, 0.5) is 0 Å². The van der Waals surface area contributed by atoms with Crippen LogP contribution in [0.3, 0.4) is 0 Å². The van der Waals surface area contributed by atoms with Crippen LogP contribution in [-0.2, 0) is 26.0 Å². The van der Waals surface area contributed by atoms with E-state index in [9.17, 15) is 8.42 Å². The lowest BCUT2D eigenvalue weighted by Gasteiger charge is -2.16. The second-order valence-corrected chi connectivity index (χ2v) is 9.26. The summed E-state index contributed by atoms with van der Waals surface area (Å²) in [5.74, 6) is 0.711. The first kappa shape index (κ1) is 22.0. The third-order valence-electron chi connectivity index (χ3n) is 5.16. The van der Waals surface area contributed by atoms with Gasteiger partial charge in [0.15, 0.2) is 5.96 Å². The van der Waals surface area contributed by atoms with Crippen molar-refractivity contribution in [3.8, 4) is 0 Å². The van der Waals surface area contributed by atoms with Crippen molar-refractivity contribution in [2.75, 3.05) is 46.5 Å². The largest absolute Gasteiger partial charge is 0.379 e. The molecule has 0 amide bonds. The molecule has 2 heterocycles. The van der Waals surface area contributed by atoms with Gasteiger partial charge in [0.2, 0.25) is 10.0 Å². The van der Waals surface area contributed by atoms with Crippen molar-refractivity contribution in [2.45, 2.75) is 43.2 Å². The minimum absolute atomic E-state index is 0.240. The zero-order valence-corrected chi connectivity index (χ0v) is 17.9. The molecule has 0 saturated carbocycles. The second-order valence-electron chi connectivity index (χ2n) is 7.32. The summed E-state index contributed by atoms with van der Waals surface area (Å²) in [7, 11) is -1.63. The van der Waals surface area contributed by atoms with Gasteiger partial charge in [-0.3, -0.25) is 4.99 Å². The van der Waals surface area contributed by atoms with Crippen LogP contribution < -0.4 is 10.6 Å². The molecule has 3 rings (SSSR count). The third-order valence-corrected chi connectivity index (χ3v) is 7.08. The van der Waals surface area contributed by atoms with Gasteiger partial charge in [0.05, 0.1) is 17.6 Å². The summed E-state index contributed by atoms with van der Waals surface area (Å²) in [5, 5.41) is 6.51. The van der Waals surface area contributed by atoms with Gasteiger partial charge in [-0.25, -0.2) is 8.42 Å². The van der Waals surface area contributed by atoms with Crippen LogP contribution >= 0.6 is 0 Å². The normalized spacial score (nSPS) is 20.9. The quantitative estimate of drug-likeness (QED) is 0.353. The summed E-state index contributed by atoms with van der Waals surface area (Å²) in [6.45, 7) is 4.77. The van der Waals surface area contributed by atoms with Gasteiger partial charge in [-0.05, 0) is 43.4 Å². The number of sulfonamides is 1. The molecule has 9 heteroatoms. The number of hydrogen-bond donors (Lipinski definition) is 2. The molecule has 1 atom stereocenters. The number of nitrogens with zero attached hydrogens (tertiary/aromatic N) is 2. The van der Waals surface area contributed by atoms with Gasteiger partial charge in [-0.15, -0.1) is 0 Å². The molecule has 0 bridgehead atoms. The molecule has 0 aliphatic carbocycles. The van der Waals surface area contributed by atoms with Crippen LogP contribution in [0.1, 0.15) is 31.2 Å². The smallest absolute Gasteiger partial charge is 0.243 e. The zero-order chi connectivity index (χ0) is 20.5. The van der Waals surface area contributed by atoms with E-state index in [0.29, 0.717) is 43.7 Å². The molecule has 8 nitrogen and oxygen atoms in total. The van der Waals surface area contributed by atoms with E-state index < -0.39 is 10.0 Å². The van der Waals surface area contributed by atoms with Gasteiger partial charge in [0, 0.05) is 46.4 Å². The average Bonchev–Trinajstić information content (AvgIpc) is 3.45. The minimum Gasteiger partial charge on any atom is -0.379 e. The van der Waals surface area contributed by atoms with Gasteiger partial charge < -0.3 is 20.1 Å². The molecule has 1 aromatic rings. The number of ether oxygens (including phenoxy) is 2. The van der Waals surface area contributed by atoms with Crippen LogP contribution in [0.15, 0.2) is 34.2 Å². The van der Waals surface area contributed by atoms with Crippen molar-refractivity contribution in [2.24, 2.45) is 4.99 Å². The fourth-order valence-electron chi connectivity index (χ4n) is 3.44. The molecule has 0 spiro atoms. The van der Waals surface area contributed by atoms with E-state index in [0.717, 1.165) is 44.4 Å². The molecule has 2 fully saturated rings. The number of benzene rings is 1. The predicted molar refractivity (Wildman–Crippen MR) is 112 cm³/mol. The van der Waals surface area contributed by atoms with Gasteiger partial charge in [-0.1, -0.05) is 12.1 Å². The molecule has 2 N–H and O–H groups in total. The Labute approximate surface area is 173 Å². The highest BCUT2D eigenvalue weighted by molar-refractivity contribution is 7.89. The Bertz CT molecular complexity index is 755. The first-order valence-corrected chi connectivity index (χ1v) is 11.8. The fraction of sp³-hybridized carbons (Fsp3) is 0.650. The predicted octanol–water partition coefficient (Wildman–Crippen LogP) is 1.33. The van der Waals surface area contributed by atoms with Crippen molar-refractivity contribution in [3.63, 3.8) is 0 Å². The van der Waals surface area contributed by atoms with E-state index in [1.54, 1.807) is 23.5 Å². The zero-order valence-electron chi connectivity index (χ0n) is 17.1. The summed E-state index contributed by atoms with van der Waals surface area (Å²) < 4.78 is 37.8. The standard InChI is InChI=1S/C20H32N4O4S/c1-21-20(22-10-4-13-28-18-9-14-27-16-18)23-15-17-5-7-19(8-6-17)29(25,26)24-11-2-3-12-24/h5-8,18H,2-4,9-16H2,1H3,(H2,21,22,23).